The van der Waals surface area contributed by atoms with E-state index in [2.05, 4.69) is 59.5 Å². The molecule has 44 heavy (non-hydrogen) atoms. The van der Waals surface area contributed by atoms with Crippen molar-refractivity contribution in [3.8, 4) is 11.3 Å². The molecule has 2 aromatic heterocycles. The van der Waals surface area contributed by atoms with Crippen LogP contribution in [-0.2, 0) is 16.0 Å². The number of aromatic nitrogens is 1. The normalized spacial score (nSPS) is 23.2. The zero-order valence-corrected chi connectivity index (χ0v) is 27.1. The molecule has 0 saturated carbocycles. The predicted molar refractivity (Wildman–Crippen MR) is 178 cm³/mol. The summed E-state index contributed by atoms with van der Waals surface area (Å²) >= 11 is 1.66. The number of nitrogens with one attached hydrogen (secondary N) is 1. The van der Waals surface area contributed by atoms with E-state index in [0.29, 0.717) is 43.6 Å². The summed E-state index contributed by atoms with van der Waals surface area (Å²) in [4.78, 5) is 39.1. The van der Waals surface area contributed by atoms with Gasteiger partial charge in [-0.05, 0) is 114 Å². The first-order chi connectivity index (χ1) is 21.2. The van der Waals surface area contributed by atoms with E-state index >= 15 is 0 Å². The first-order valence-electron chi connectivity index (χ1n) is 16.7. The van der Waals surface area contributed by atoms with Crippen molar-refractivity contribution in [1.82, 2.24) is 19.7 Å². The fraction of sp³-hybridized carbons (Fsp3) is 0.556. The van der Waals surface area contributed by atoms with E-state index in [1.54, 1.807) is 11.3 Å². The third-order valence-electron chi connectivity index (χ3n) is 10.7. The monoisotopic (exact) mass is 614 g/mol. The molecule has 0 aliphatic carbocycles. The molecule has 6 heterocycles. The largest absolute Gasteiger partial charge is 0.393 e. The molecular weight excluding hydrogens is 568 g/mol. The van der Waals surface area contributed by atoms with Crippen LogP contribution in [0.4, 0.5) is 0 Å². The zero-order chi connectivity index (χ0) is 30.5. The maximum Gasteiger partial charge on any atom is 0.255 e. The standard InChI is InChI=1S/C36H46N4O3S/c1-22-18-23(2)20-26(19-22)33-30(12-15-38-13-8-25(9-14-38)36(43)39-16-10-29(41)11-17-39)31-21-32(44-34(31)37-33)24(3)35(42)40-27-4-5-28(40)7-6-27/h18-21,25,27-29,37,41H,3-17H2,1-2H3. The summed E-state index contributed by atoms with van der Waals surface area (Å²) in [7, 11) is 0. The number of carbonyl (C=O) groups excluding carboxylic acids is 2. The van der Waals surface area contributed by atoms with Crippen LogP contribution in [0.3, 0.4) is 0 Å². The molecule has 4 aliphatic rings. The molecule has 0 atom stereocenters. The Morgan fingerprint density at radius 2 is 1.55 bits per heavy atom. The molecule has 4 saturated heterocycles. The van der Waals surface area contributed by atoms with E-state index in [1.165, 1.54) is 33.3 Å². The molecule has 0 radical (unpaired) electrons. The number of benzene rings is 1. The Labute approximate surface area is 264 Å². The minimum absolute atomic E-state index is 0.0973. The Balaban J connectivity index is 1.08. The van der Waals surface area contributed by atoms with Gasteiger partial charge >= 0.3 is 0 Å². The number of nitrogens with zero attached hydrogens (tertiary/aromatic N) is 3. The molecule has 0 unspecified atom stereocenters. The van der Waals surface area contributed by atoms with Crippen molar-refractivity contribution in [2.45, 2.75) is 89.8 Å². The molecule has 4 aliphatic heterocycles. The molecule has 3 aromatic rings. The molecule has 8 heteroatoms. The molecule has 7 nitrogen and oxygen atoms in total. The number of likely N-dealkylation sites (tertiary alicyclic amines) is 2. The number of H-pyrrole nitrogens is 1. The summed E-state index contributed by atoms with van der Waals surface area (Å²) in [5.41, 5.74) is 6.82. The number of piperidine rings is 2. The maximum atomic E-state index is 13.6. The van der Waals surface area contributed by atoms with E-state index < -0.39 is 0 Å². The summed E-state index contributed by atoms with van der Waals surface area (Å²) in [5, 5.41) is 11.0. The maximum absolute atomic E-state index is 13.6. The van der Waals surface area contributed by atoms with Crippen LogP contribution in [0.15, 0.2) is 30.8 Å². The Morgan fingerprint density at radius 1 is 0.909 bits per heavy atom. The second-order valence-corrected chi connectivity index (χ2v) is 14.8. The Kier molecular flexibility index (Phi) is 8.18. The van der Waals surface area contributed by atoms with Crippen molar-refractivity contribution in [3.05, 3.63) is 52.4 Å². The highest BCUT2D eigenvalue weighted by Gasteiger charge is 2.43. The van der Waals surface area contributed by atoms with E-state index in [4.69, 9.17) is 0 Å². The van der Waals surface area contributed by atoms with Crippen molar-refractivity contribution in [2.24, 2.45) is 5.92 Å². The highest BCUT2D eigenvalue weighted by molar-refractivity contribution is 7.20. The molecular formula is C36H46N4O3S. The Hall–Kier alpha value is -2.94. The topological polar surface area (TPSA) is 79.9 Å². The molecule has 2 N–H and O–H groups in total. The summed E-state index contributed by atoms with van der Waals surface area (Å²) < 4.78 is 0. The van der Waals surface area contributed by atoms with Crippen molar-refractivity contribution in [3.63, 3.8) is 0 Å². The molecule has 1 aromatic carbocycles. The number of amides is 2. The number of hydrogen-bond donors (Lipinski definition) is 2. The van der Waals surface area contributed by atoms with Gasteiger partial charge < -0.3 is 24.8 Å². The van der Waals surface area contributed by atoms with Crippen LogP contribution in [0.25, 0.3) is 27.0 Å². The lowest BCUT2D eigenvalue weighted by Crippen LogP contribution is -2.46. The van der Waals surface area contributed by atoms with Gasteiger partial charge in [0.2, 0.25) is 5.91 Å². The van der Waals surface area contributed by atoms with Gasteiger partial charge in [-0.2, -0.15) is 0 Å². The smallest absolute Gasteiger partial charge is 0.255 e. The SMILES string of the molecule is C=C(C(=O)N1C2CCC1CC2)c1cc2c(CCN3CCC(C(=O)N4CCC(O)CC4)CC3)c(-c3cc(C)cc(C)c3)[nH]c2s1. The second-order valence-electron chi connectivity index (χ2n) is 13.8. The van der Waals surface area contributed by atoms with Crippen molar-refractivity contribution in [1.29, 1.82) is 0 Å². The van der Waals surface area contributed by atoms with Gasteiger partial charge in [0, 0.05) is 53.5 Å². The van der Waals surface area contributed by atoms with Gasteiger partial charge in [0.05, 0.1) is 11.8 Å². The van der Waals surface area contributed by atoms with Crippen molar-refractivity contribution < 1.29 is 14.7 Å². The van der Waals surface area contributed by atoms with Crippen LogP contribution < -0.4 is 0 Å². The van der Waals surface area contributed by atoms with Gasteiger partial charge in [-0.1, -0.05) is 23.8 Å². The number of aliphatic hydroxyl groups excluding tert-OH is 1. The fourth-order valence-electron chi connectivity index (χ4n) is 8.33. The number of thiophene rings is 1. The van der Waals surface area contributed by atoms with Crippen LogP contribution in [0.5, 0.6) is 0 Å². The summed E-state index contributed by atoms with van der Waals surface area (Å²) in [6.45, 7) is 12.8. The quantitative estimate of drug-likeness (QED) is 0.324. The number of aliphatic hydroxyl groups is 1. The summed E-state index contributed by atoms with van der Waals surface area (Å²) in [6.07, 6.45) is 8.36. The van der Waals surface area contributed by atoms with Crippen LogP contribution in [0.2, 0.25) is 0 Å². The number of rotatable bonds is 7. The van der Waals surface area contributed by atoms with Crippen LogP contribution in [0.1, 0.15) is 72.9 Å². The zero-order valence-electron chi connectivity index (χ0n) is 26.2. The predicted octanol–water partition coefficient (Wildman–Crippen LogP) is 5.92. The third-order valence-corrected chi connectivity index (χ3v) is 11.9. The Bertz CT molecular complexity index is 1530. The summed E-state index contributed by atoms with van der Waals surface area (Å²) in [6, 6.07) is 9.73. The minimum atomic E-state index is -0.257. The fourth-order valence-corrected chi connectivity index (χ4v) is 9.38. The molecule has 2 bridgehead atoms. The van der Waals surface area contributed by atoms with Crippen molar-refractivity contribution >= 4 is 38.9 Å². The molecule has 2 amide bonds. The lowest BCUT2D eigenvalue weighted by atomic mass is 9.93. The molecule has 7 rings (SSSR count). The van der Waals surface area contributed by atoms with Crippen molar-refractivity contribution in [2.75, 3.05) is 32.7 Å². The second kappa shape index (κ2) is 12.1. The average Bonchev–Trinajstić information content (AvgIpc) is 3.80. The number of hydrogen-bond acceptors (Lipinski definition) is 5. The highest BCUT2D eigenvalue weighted by Crippen LogP contribution is 2.42. The lowest BCUT2D eigenvalue weighted by Gasteiger charge is -2.36. The minimum Gasteiger partial charge on any atom is -0.393 e. The molecule has 0 spiro atoms. The van der Waals surface area contributed by atoms with Crippen LogP contribution in [-0.4, -0.2) is 87.5 Å². The van der Waals surface area contributed by atoms with Gasteiger partial charge in [0.15, 0.2) is 0 Å². The van der Waals surface area contributed by atoms with E-state index in [-0.39, 0.29) is 23.8 Å². The molecule has 4 fully saturated rings. The van der Waals surface area contributed by atoms with E-state index in [1.807, 2.05) is 4.90 Å². The average molecular weight is 615 g/mol. The van der Waals surface area contributed by atoms with Gasteiger partial charge in [0.25, 0.3) is 5.91 Å². The van der Waals surface area contributed by atoms with E-state index in [9.17, 15) is 14.7 Å². The highest BCUT2D eigenvalue weighted by atomic mass is 32.1. The summed E-state index contributed by atoms with van der Waals surface area (Å²) in [5.74, 6) is 0.497. The number of aryl methyl sites for hydroxylation is 2. The first-order valence-corrected chi connectivity index (χ1v) is 17.5. The number of aromatic amines is 1. The van der Waals surface area contributed by atoms with Crippen LogP contribution >= 0.6 is 11.3 Å². The van der Waals surface area contributed by atoms with Gasteiger partial charge in [0.1, 0.15) is 4.83 Å². The van der Waals surface area contributed by atoms with Gasteiger partial charge in [-0.3, -0.25) is 9.59 Å². The van der Waals surface area contributed by atoms with Crippen LogP contribution in [0, 0.1) is 19.8 Å². The molecule has 234 valence electrons. The number of fused-ring (bicyclic) bond motifs is 3. The first kappa shape index (κ1) is 29.8. The van der Waals surface area contributed by atoms with E-state index in [0.717, 1.165) is 74.3 Å². The lowest BCUT2D eigenvalue weighted by molar-refractivity contribution is -0.139. The third kappa shape index (κ3) is 5.65. The van der Waals surface area contributed by atoms with Gasteiger partial charge in [-0.25, -0.2) is 0 Å². The Morgan fingerprint density at radius 3 is 2.18 bits per heavy atom. The number of carbonyl (C=O) groups is 2. The van der Waals surface area contributed by atoms with Gasteiger partial charge in [-0.15, -0.1) is 11.3 Å².